The Balaban J connectivity index is 1.53. The van der Waals surface area contributed by atoms with E-state index in [1.165, 1.54) is 11.8 Å². The molecule has 1 saturated heterocycles. The SMILES string of the molecule is Cc1ccc(CN2C(=O)/C(=C\c3c(NC4CCCC4)nc4ccc(C)cn4c3=O)SC2=S)cc1. The minimum absolute atomic E-state index is 0.184. The molecule has 2 aromatic heterocycles. The van der Waals surface area contributed by atoms with Gasteiger partial charge in [-0.1, -0.05) is 72.7 Å². The van der Waals surface area contributed by atoms with Crippen LogP contribution in [0.1, 0.15) is 47.9 Å². The first-order valence-electron chi connectivity index (χ1n) is 11.5. The zero-order valence-corrected chi connectivity index (χ0v) is 20.8. The summed E-state index contributed by atoms with van der Waals surface area (Å²) in [5, 5.41) is 3.48. The van der Waals surface area contributed by atoms with Gasteiger partial charge in [0.25, 0.3) is 11.5 Å². The molecule has 0 unspecified atom stereocenters. The van der Waals surface area contributed by atoms with Gasteiger partial charge in [0.15, 0.2) is 0 Å². The molecular formula is C26H26N4O2S2. The number of anilines is 1. The quantitative estimate of drug-likeness (QED) is 0.398. The van der Waals surface area contributed by atoms with E-state index in [0.717, 1.165) is 42.4 Å². The van der Waals surface area contributed by atoms with Gasteiger partial charge in [-0.05, 0) is 50.0 Å². The molecule has 0 radical (unpaired) electrons. The van der Waals surface area contributed by atoms with Crippen LogP contribution >= 0.6 is 24.0 Å². The largest absolute Gasteiger partial charge is 0.367 e. The molecule has 1 aliphatic heterocycles. The highest BCUT2D eigenvalue weighted by atomic mass is 32.2. The van der Waals surface area contributed by atoms with Crippen LogP contribution in [0.4, 0.5) is 5.82 Å². The maximum Gasteiger partial charge on any atom is 0.267 e. The van der Waals surface area contributed by atoms with E-state index in [2.05, 4.69) is 5.32 Å². The highest BCUT2D eigenvalue weighted by molar-refractivity contribution is 8.26. The molecule has 8 heteroatoms. The van der Waals surface area contributed by atoms with Crippen molar-refractivity contribution < 1.29 is 4.79 Å². The number of nitrogens with zero attached hydrogens (tertiary/aromatic N) is 3. The van der Waals surface area contributed by atoms with Crippen molar-refractivity contribution in [3.63, 3.8) is 0 Å². The third kappa shape index (κ3) is 4.52. The second kappa shape index (κ2) is 9.35. The Kier molecular flexibility index (Phi) is 6.27. The van der Waals surface area contributed by atoms with E-state index >= 15 is 0 Å². The first-order chi connectivity index (χ1) is 16.4. The molecule has 1 N–H and O–H groups in total. The maximum atomic E-state index is 13.5. The molecule has 5 rings (SSSR count). The van der Waals surface area contributed by atoms with Gasteiger partial charge in [0.05, 0.1) is 17.0 Å². The summed E-state index contributed by atoms with van der Waals surface area (Å²) < 4.78 is 2.04. The normalized spacial score (nSPS) is 17.9. The molecule has 0 spiro atoms. The summed E-state index contributed by atoms with van der Waals surface area (Å²) in [4.78, 5) is 33.6. The van der Waals surface area contributed by atoms with E-state index < -0.39 is 0 Å². The van der Waals surface area contributed by atoms with Crippen LogP contribution in [0.3, 0.4) is 0 Å². The summed E-state index contributed by atoms with van der Waals surface area (Å²) in [5.41, 5.74) is 3.91. The Morgan fingerprint density at radius 2 is 1.79 bits per heavy atom. The maximum absolute atomic E-state index is 13.5. The van der Waals surface area contributed by atoms with E-state index in [1.54, 1.807) is 21.6 Å². The number of rotatable bonds is 5. The number of amides is 1. The first kappa shape index (κ1) is 22.8. The summed E-state index contributed by atoms with van der Waals surface area (Å²) in [6, 6.07) is 12.1. The van der Waals surface area contributed by atoms with Crippen LogP contribution in [0.15, 0.2) is 52.3 Å². The Bertz CT molecular complexity index is 1370. The van der Waals surface area contributed by atoms with Crippen molar-refractivity contribution in [2.75, 3.05) is 5.32 Å². The van der Waals surface area contributed by atoms with Gasteiger partial charge in [0.2, 0.25) is 0 Å². The second-order valence-corrected chi connectivity index (χ2v) is 10.7. The highest BCUT2D eigenvalue weighted by Crippen LogP contribution is 2.34. The van der Waals surface area contributed by atoms with E-state index in [0.29, 0.717) is 32.8 Å². The van der Waals surface area contributed by atoms with Crippen LogP contribution in [0.25, 0.3) is 11.7 Å². The number of nitrogens with one attached hydrogen (secondary N) is 1. The predicted molar refractivity (Wildman–Crippen MR) is 142 cm³/mol. The summed E-state index contributed by atoms with van der Waals surface area (Å²) in [6.45, 7) is 4.37. The molecule has 1 amide bonds. The molecule has 0 bridgehead atoms. The molecule has 34 heavy (non-hydrogen) atoms. The number of hydrogen-bond donors (Lipinski definition) is 1. The molecule has 174 valence electrons. The lowest BCUT2D eigenvalue weighted by Gasteiger charge is -2.16. The molecule has 3 heterocycles. The smallest absolute Gasteiger partial charge is 0.267 e. The molecule has 1 aromatic carbocycles. The minimum Gasteiger partial charge on any atom is -0.367 e. The number of carbonyl (C=O) groups excluding carboxylic acids is 1. The Hall–Kier alpha value is -2.97. The summed E-state index contributed by atoms with van der Waals surface area (Å²) in [6.07, 6.45) is 7.87. The Morgan fingerprint density at radius 3 is 2.53 bits per heavy atom. The van der Waals surface area contributed by atoms with Crippen molar-refractivity contribution in [1.29, 1.82) is 0 Å². The summed E-state index contributed by atoms with van der Waals surface area (Å²) in [7, 11) is 0. The molecule has 6 nitrogen and oxygen atoms in total. The zero-order valence-electron chi connectivity index (χ0n) is 19.2. The summed E-state index contributed by atoms with van der Waals surface area (Å²) in [5.74, 6) is 0.348. The van der Waals surface area contributed by atoms with E-state index in [4.69, 9.17) is 17.2 Å². The number of thioether (sulfide) groups is 1. The number of thiocarbonyl (C=S) groups is 1. The fourth-order valence-corrected chi connectivity index (χ4v) is 5.64. The number of hydrogen-bond acceptors (Lipinski definition) is 6. The Labute approximate surface area is 208 Å². The van der Waals surface area contributed by atoms with Crippen LogP contribution in [-0.2, 0) is 11.3 Å². The van der Waals surface area contributed by atoms with Gasteiger partial charge >= 0.3 is 0 Å². The topological polar surface area (TPSA) is 66.7 Å². The van der Waals surface area contributed by atoms with Crippen LogP contribution in [0.5, 0.6) is 0 Å². The molecular weight excluding hydrogens is 464 g/mol. The number of fused-ring (bicyclic) bond motifs is 1. The number of benzene rings is 1. The van der Waals surface area contributed by atoms with Crippen molar-refractivity contribution in [3.05, 3.63) is 80.1 Å². The van der Waals surface area contributed by atoms with Crippen LogP contribution in [0.2, 0.25) is 0 Å². The third-order valence-corrected chi connectivity index (χ3v) is 7.69. The highest BCUT2D eigenvalue weighted by Gasteiger charge is 2.33. The predicted octanol–water partition coefficient (Wildman–Crippen LogP) is 5.07. The second-order valence-electron chi connectivity index (χ2n) is 8.99. The molecule has 1 aliphatic carbocycles. The van der Waals surface area contributed by atoms with E-state index in [-0.39, 0.29) is 17.5 Å². The van der Waals surface area contributed by atoms with Crippen molar-refractivity contribution in [1.82, 2.24) is 14.3 Å². The molecule has 3 aromatic rings. The fraction of sp³-hybridized carbons (Fsp3) is 0.308. The van der Waals surface area contributed by atoms with Crippen molar-refractivity contribution >= 4 is 51.7 Å². The lowest BCUT2D eigenvalue weighted by molar-refractivity contribution is -0.122. The number of pyridine rings is 1. The first-order valence-corrected chi connectivity index (χ1v) is 12.7. The van der Waals surface area contributed by atoms with Gasteiger partial charge in [-0.15, -0.1) is 0 Å². The molecule has 1 saturated carbocycles. The van der Waals surface area contributed by atoms with Gasteiger partial charge < -0.3 is 5.32 Å². The monoisotopic (exact) mass is 490 g/mol. The average molecular weight is 491 g/mol. The number of carbonyl (C=O) groups is 1. The van der Waals surface area contributed by atoms with Crippen molar-refractivity contribution in [2.45, 2.75) is 52.1 Å². The van der Waals surface area contributed by atoms with Crippen LogP contribution < -0.4 is 10.9 Å². The molecule has 2 fully saturated rings. The van der Waals surface area contributed by atoms with E-state index in [9.17, 15) is 9.59 Å². The minimum atomic E-state index is -0.196. The fourth-order valence-electron chi connectivity index (χ4n) is 4.41. The molecule has 0 atom stereocenters. The van der Waals surface area contributed by atoms with Gasteiger partial charge in [-0.25, -0.2) is 4.98 Å². The van der Waals surface area contributed by atoms with Gasteiger partial charge in [0, 0.05) is 12.2 Å². The lowest BCUT2D eigenvalue weighted by Crippen LogP contribution is -2.27. The number of aryl methyl sites for hydroxylation is 2. The zero-order chi connectivity index (χ0) is 23.8. The van der Waals surface area contributed by atoms with Gasteiger partial charge in [0.1, 0.15) is 15.8 Å². The van der Waals surface area contributed by atoms with Crippen LogP contribution in [0, 0.1) is 13.8 Å². The summed E-state index contributed by atoms with van der Waals surface area (Å²) >= 11 is 6.76. The van der Waals surface area contributed by atoms with Crippen molar-refractivity contribution in [2.24, 2.45) is 0 Å². The van der Waals surface area contributed by atoms with Gasteiger partial charge in [-0.2, -0.15) is 0 Å². The third-order valence-electron chi connectivity index (χ3n) is 6.31. The van der Waals surface area contributed by atoms with Crippen molar-refractivity contribution in [3.8, 4) is 0 Å². The Morgan fingerprint density at radius 1 is 1.09 bits per heavy atom. The average Bonchev–Trinajstić information content (AvgIpc) is 3.42. The lowest BCUT2D eigenvalue weighted by atomic mass is 10.1. The standard InChI is InChI=1S/C26H26N4O2S2/c1-16-7-10-18(11-8-16)15-30-25(32)21(34-26(30)33)13-20-23(27-19-5-3-4-6-19)28-22-12-9-17(2)14-29(22)24(20)31/h7-14,19,27H,3-6,15H2,1-2H3/b21-13+. The van der Waals surface area contributed by atoms with Gasteiger partial charge in [-0.3, -0.25) is 18.9 Å². The molecule has 2 aliphatic rings. The van der Waals surface area contributed by atoms with E-state index in [1.807, 2.05) is 50.2 Å². The van der Waals surface area contributed by atoms with Crippen LogP contribution in [-0.4, -0.2) is 30.6 Å². The number of aromatic nitrogens is 2.